The summed E-state index contributed by atoms with van der Waals surface area (Å²) in [6.45, 7) is 1.88. The standard InChI is InChI=1S/C18H24N2O5S/c1-18(17(22)23)10-5-11-20(18)16(21)13-6-4-9-15(12-13)26(24,25)19-14-7-2-3-8-14/h4,6,9,12,14,19H,2-3,5,7-8,10-11H2,1H3,(H,22,23). The van der Waals surface area contributed by atoms with Crippen molar-refractivity contribution in [3.8, 4) is 0 Å². The summed E-state index contributed by atoms with van der Waals surface area (Å²) in [4.78, 5) is 25.8. The highest BCUT2D eigenvalue weighted by Crippen LogP contribution is 2.31. The molecule has 0 spiro atoms. The minimum absolute atomic E-state index is 0.0338. The van der Waals surface area contributed by atoms with Crippen LogP contribution in [0.15, 0.2) is 29.2 Å². The number of nitrogens with one attached hydrogen (secondary N) is 1. The van der Waals surface area contributed by atoms with Gasteiger partial charge in [0.25, 0.3) is 5.91 Å². The predicted octanol–water partition coefficient (Wildman–Crippen LogP) is 1.99. The third-order valence-corrected chi connectivity index (χ3v) is 6.93. The van der Waals surface area contributed by atoms with E-state index in [1.165, 1.54) is 36.1 Å². The molecule has 26 heavy (non-hydrogen) atoms. The molecule has 1 saturated carbocycles. The normalized spacial score (nSPS) is 24.1. The van der Waals surface area contributed by atoms with Gasteiger partial charge in [0.1, 0.15) is 5.54 Å². The number of carboxylic acid groups (broad SMARTS) is 1. The summed E-state index contributed by atoms with van der Waals surface area (Å²) < 4.78 is 27.9. The van der Waals surface area contributed by atoms with E-state index in [4.69, 9.17) is 0 Å². The van der Waals surface area contributed by atoms with E-state index in [2.05, 4.69) is 4.72 Å². The minimum Gasteiger partial charge on any atom is -0.480 e. The van der Waals surface area contributed by atoms with Crippen LogP contribution in [0.5, 0.6) is 0 Å². The zero-order valence-corrected chi connectivity index (χ0v) is 15.6. The molecule has 1 aromatic rings. The molecule has 0 bridgehead atoms. The molecule has 1 saturated heterocycles. The fourth-order valence-corrected chi connectivity index (χ4v) is 5.14. The van der Waals surface area contributed by atoms with Gasteiger partial charge in [-0.05, 0) is 50.8 Å². The number of nitrogens with zero attached hydrogens (tertiary/aromatic N) is 1. The second-order valence-electron chi connectivity index (χ2n) is 7.27. The maximum atomic E-state index is 12.8. The number of aliphatic carboxylic acids is 1. The quantitative estimate of drug-likeness (QED) is 0.813. The highest BCUT2D eigenvalue weighted by molar-refractivity contribution is 7.89. The lowest BCUT2D eigenvalue weighted by Gasteiger charge is -2.31. The molecule has 2 fully saturated rings. The van der Waals surface area contributed by atoms with E-state index in [-0.39, 0.29) is 16.5 Å². The van der Waals surface area contributed by atoms with Gasteiger partial charge in [0.05, 0.1) is 4.90 Å². The van der Waals surface area contributed by atoms with Crippen LogP contribution in [0, 0.1) is 0 Å². The molecule has 3 rings (SSSR count). The van der Waals surface area contributed by atoms with Crippen molar-refractivity contribution in [2.45, 2.75) is 61.9 Å². The molecule has 0 radical (unpaired) electrons. The Labute approximate surface area is 153 Å². The number of benzene rings is 1. The lowest BCUT2D eigenvalue weighted by atomic mass is 9.98. The van der Waals surface area contributed by atoms with E-state index in [1.54, 1.807) is 0 Å². The SMILES string of the molecule is CC1(C(=O)O)CCCN1C(=O)c1cccc(S(=O)(=O)NC2CCCC2)c1. The average molecular weight is 380 g/mol. The summed E-state index contributed by atoms with van der Waals surface area (Å²) in [6, 6.07) is 5.77. The maximum Gasteiger partial charge on any atom is 0.329 e. The van der Waals surface area contributed by atoms with Crippen LogP contribution in [0.25, 0.3) is 0 Å². The molecule has 0 aromatic heterocycles. The predicted molar refractivity (Wildman–Crippen MR) is 95.3 cm³/mol. The van der Waals surface area contributed by atoms with E-state index >= 15 is 0 Å². The Morgan fingerprint density at radius 2 is 1.92 bits per heavy atom. The van der Waals surface area contributed by atoms with Crippen LogP contribution in [0.1, 0.15) is 55.8 Å². The fourth-order valence-electron chi connectivity index (χ4n) is 3.79. The van der Waals surface area contributed by atoms with Gasteiger partial charge in [-0.3, -0.25) is 4.79 Å². The molecule has 1 amide bonds. The molecular formula is C18H24N2O5S. The number of hydrogen-bond acceptors (Lipinski definition) is 4. The Bertz CT molecular complexity index is 817. The molecule has 2 aliphatic rings. The first-order chi connectivity index (χ1) is 12.2. The molecular weight excluding hydrogens is 356 g/mol. The molecule has 1 heterocycles. The summed E-state index contributed by atoms with van der Waals surface area (Å²) in [5.74, 6) is -1.50. The Balaban J connectivity index is 1.85. The number of hydrogen-bond donors (Lipinski definition) is 2. The third kappa shape index (κ3) is 3.48. The summed E-state index contributed by atoms with van der Waals surface area (Å²) >= 11 is 0. The second kappa shape index (κ2) is 7.00. The van der Waals surface area contributed by atoms with Gasteiger partial charge in [-0.1, -0.05) is 18.9 Å². The van der Waals surface area contributed by atoms with Crippen molar-refractivity contribution in [1.82, 2.24) is 9.62 Å². The van der Waals surface area contributed by atoms with Gasteiger partial charge < -0.3 is 10.0 Å². The first-order valence-corrected chi connectivity index (χ1v) is 10.4. The van der Waals surface area contributed by atoms with Gasteiger partial charge >= 0.3 is 5.97 Å². The van der Waals surface area contributed by atoms with Crippen LogP contribution < -0.4 is 4.72 Å². The van der Waals surface area contributed by atoms with Gasteiger partial charge in [-0.15, -0.1) is 0 Å². The van der Waals surface area contributed by atoms with Gasteiger partial charge in [0.2, 0.25) is 10.0 Å². The van der Waals surface area contributed by atoms with E-state index in [1.807, 2.05) is 0 Å². The van der Waals surface area contributed by atoms with E-state index in [0.717, 1.165) is 25.7 Å². The smallest absolute Gasteiger partial charge is 0.329 e. The fraction of sp³-hybridized carbons (Fsp3) is 0.556. The molecule has 1 unspecified atom stereocenters. The van der Waals surface area contributed by atoms with Crippen molar-refractivity contribution in [1.29, 1.82) is 0 Å². The molecule has 1 aromatic carbocycles. The van der Waals surface area contributed by atoms with Crippen molar-refractivity contribution >= 4 is 21.9 Å². The van der Waals surface area contributed by atoms with Crippen LogP contribution in [0.3, 0.4) is 0 Å². The van der Waals surface area contributed by atoms with Crippen LogP contribution in [0.2, 0.25) is 0 Å². The lowest BCUT2D eigenvalue weighted by molar-refractivity contribution is -0.147. The second-order valence-corrected chi connectivity index (χ2v) is 8.98. The average Bonchev–Trinajstić information content (AvgIpc) is 3.24. The van der Waals surface area contributed by atoms with Crippen molar-refractivity contribution in [3.63, 3.8) is 0 Å². The van der Waals surface area contributed by atoms with Crippen LogP contribution >= 0.6 is 0 Å². The summed E-state index contributed by atoms with van der Waals surface area (Å²) in [7, 11) is -3.71. The highest BCUT2D eigenvalue weighted by atomic mass is 32.2. The van der Waals surface area contributed by atoms with E-state index in [9.17, 15) is 23.1 Å². The van der Waals surface area contributed by atoms with E-state index in [0.29, 0.717) is 19.4 Å². The number of sulfonamides is 1. The van der Waals surface area contributed by atoms with Crippen molar-refractivity contribution in [3.05, 3.63) is 29.8 Å². The molecule has 1 aliphatic heterocycles. The third-order valence-electron chi connectivity index (χ3n) is 5.42. The van der Waals surface area contributed by atoms with Gasteiger partial charge in [-0.25, -0.2) is 17.9 Å². The van der Waals surface area contributed by atoms with E-state index < -0.39 is 27.4 Å². The number of carbonyl (C=O) groups excluding carboxylic acids is 1. The monoisotopic (exact) mass is 380 g/mol. The number of rotatable bonds is 5. The molecule has 8 heteroatoms. The first kappa shape index (κ1) is 18.8. The van der Waals surface area contributed by atoms with Gasteiger partial charge in [0.15, 0.2) is 0 Å². The van der Waals surface area contributed by atoms with Crippen LogP contribution in [-0.4, -0.2) is 48.4 Å². The summed E-state index contributed by atoms with van der Waals surface area (Å²) in [6.07, 6.45) is 4.65. The lowest BCUT2D eigenvalue weighted by Crippen LogP contribution is -2.50. The number of amides is 1. The molecule has 7 nitrogen and oxygen atoms in total. The zero-order valence-electron chi connectivity index (χ0n) is 14.8. The Hall–Kier alpha value is -1.93. The Kier molecular flexibility index (Phi) is 5.07. The topological polar surface area (TPSA) is 104 Å². The summed E-state index contributed by atoms with van der Waals surface area (Å²) in [5, 5.41) is 9.48. The largest absolute Gasteiger partial charge is 0.480 e. The highest BCUT2D eigenvalue weighted by Gasteiger charge is 2.46. The van der Waals surface area contributed by atoms with Gasteiger partial charge in [0, 0.05) is 18.2 Å². The molecule has 2 N–H and O–H groups in total. The number of likely N-dealkylation sites (tertiary alicyclic amines) is 1. The van der Waals surface area contributed by atoms with Crippen molar-refractivity contribution in [2.75, 3.05) is 6.54 Å². The van der Waals surface area contributed by atoms with Crippen molar-refractivity contribution < 1.29 is 23.1 Å². The number of carbonyl (C=O) groups is 2. The summed E-state index contributed by atoms with van der Waals surface area (Å²) in [5.41, 5.74) is -1.07. The molecule has 142 valence electrons. The Morgan fingerprint density at radius 3 is 2.58 bits per heavy atom. The van der Waals surface area contributed by atoms with Crippen LogP contribution in [-0.2, 0) is 14.8 Å². The maximum absolute atomic E-state index is 12.8. The first-order valence-electron chi connectivity index (χ1n) is 8.92. The van der Waals surface area contributed by atoms with Crippen molar-refractivity contribution in [2.24, 2.45) is 0 Å². The number of carboxylic acids is 1. The van der Waals surface area contributed by atoms with Crippen LogP contribution in [0.4, 0.5) is 0 Å². The Morgan fingerprint density at radius 1 is 1.23 bits per heavy atom. The molecule has 1 atom stereocenters. The zero-order chi connectivity index (χ0) is 18.9. The van der Waals surface area contributed by atoms with Gasteiger partial charge in [-0.2, -0.15) is 0 Å². The minimum atomic E-state index is -3.71. The molecule has 1 aliphatic carbocycles.